The van der Waals surface area contributed by atoms with Gasteiger partial charge in [0.1, 0.15) is 11.4 Å². The van der Waals surface area contributed by atoms with E-state index in [0.717, 1.165) is 0 Å². The molecule has 0 bridgehead atoms. The molecule has 1 unspecified atom stereocenters. The molecule has 0 saturated carbocycles. The van der Waals surface area contributed by atoms with Gasteiger partial charge in [0, 0.05) is 18.8 Å². The van der Waals surface area contributed by atoms with E-state index in [1.807, 2.05) is 0 Å². The molecule has 0 saturated heterocycles. The van der Waals surface area contributed by atoms with Crippen LogP contribution < -0.4 is 16.0 Å². The first-order chi connectivity index (χ1) is 11.1. The summed E-state index contributed by atoms with van der Waals surface area (Å²) in [6, 6.07) is 2.60. The number of anilines is 1. The predicted octanol–water partition coefficient (Wildman–Crippen LogP) is 1.70. The fourth-order valence-corrected chi connectivity index (χ4v) is 1.62. The van der Waals surface area contributed by atoms with Crippen molar-refractivity contribution in [3.05, 3.63) is 23.4 Å². The lowest BCUT2D eigenvalue weighted by Crippen LogP contribution is -2.46. The second-order valence-electron chi connectivity index (χ2n) is 6.07. The van der Waals surface area contributed by atoms with Gasteiger partial charge in [-0.3, -0.25) is 9.59 Å². The van der Waals surface area contributed by atoms with E-state index in [-0.39, 0.29) is 12.4 Å². The molecule has 1 atom stereocenters. The Morgan fingerprint density at radius 3 is 2.46 bits per heavy atom. The number of amides is 3. The summed E-state index contributed by atoms with van der Waals surface area (Å²) in [5.41, 5.74) is -0.613. The molecule has 0 aliphatic heterocycles. The zero-order chi connectivity index (χ0) is 18.3. The molecule has 0 aromatic carbocycles. The first-order valence-electron chi connectivity index (χ1n) is 7.27. The minimum absolute atomic E-state index is 0.0690. The van der Waals surface area contributed by atoms with E-state index < -0.39 is 29.6 Å². The van der Waals surface area contributed by atoms with Crippen molar-refractivity contribution in [2.45, 2.75) is 39.3 Å². The number of ether oxygens (including phenoxy) is 1. The SMILES string of the molecule is CC(CNC(=O)C(=O)Nc1ccc(Cl)cn1)NC(=O)OC(C)(C)C. The average Bonchev–Trinajstić information content (AvgIpc) is 2.45. The third-order valence-electron chi connectivity index (χ3n) is 2.51. The van der Waals surface area contributed by atoms with Gasteiger partial charge in [-0.25, -0.2) is 9.78 Å². The summed E-state index contributed by atoms with van der Waals surface area (Å²) >= 11 is 5.68. The molecule has 0 radical (unpaired) electrons. The van der Waals surface area contributed by atoms with E-state index in [1.165, 1.54) is 18.3 Å². The Kier molecular flexibility index (Phi) is 6.97. The molecule has 1 rings (SSSR count). The summed E-state index contributed by atoms with van der Waals surface area (Å²) < 4.78 is 5.09. The lowest BCUT2D eigenvalue weighted by Gasteiger charge is -2.22. The van der Waals surface area contributed by atoms with Crippen LogP contribution in [0.3, 0.4) is 0 Å². The highest BCUT2D eigenvalue weighted by molar-refractivity contribution is 6.39. The van der Waals surface area contributed by atoms with Gasteiger partial charge < -0.3 is 20.7 Å². The van der Waals surface area contributed by atoms with Crippen LogP contribution in [-0.4, -0.2) is 41.1 Å². The lowest BCUT2D eigenvalue weighted by atomic mass is 10.2. The first-order valence-corrected chi connectivity index (χ1v) is 7.65. The molecule has 0 spiro atoms. The van der Waals surface area contributed by atoms with Gasteiger partial charge in [0.15, 0.2) is 0 Å². The topological polar surface area (TPSA) is 109 Å². The summed E-state index contributed by atoms with van der Waals surface area (Å²) in [7, 11) is 0. The van der Waals surface area contributed by atoms with Gasteiger partial charge in [-0.2, -0.15) is 0 Å². The van der Waals surface area contributed by atoms with Crippen LogP contribution in [0.2, 0.25) is 5.02 Å². The number of rotatable bonds is 4. The third kappa shape index (κ3) is 7.77. The molecule has 3 N–H and O–H groups in total. The Morgan fingerprint density at radius 1 is 1.25 bits per heavy atom. The summed E-state index contributed by atoms with van der Waals surface area (Å²) in [6.45, 7) is 6.97. The highest BCUT2D eigenvalue weighted by Crippen LogP contribution is 2.09. The standard InChI is InChI=1S/C15H21ClN4O4/c1-9(19-14(23)24-15(2,3)4)7-18-12(21)13(22)20-11-6-5-10(16)8-17-11/h5-6,8-9H,7H2,1-4H3,(H,18,21)(H,19,23)(H,17,20,22). The molecule has 9 heteroatoms. The Balaban J connectivity index is 2.37. The fraction of sp³-hybridized carbons (Fsp3) is 0.467. The number of hydrogen-bond donors (Lipinski definition) is 3. The summed E-state index contributed by atoms with van der Waals surface area (Å²) in [4.78, 5) is 38.8. The highest BCUT2D eigenvalue weighted by atomic mass is 35.5. The summed E-state index contributed by atoms with van der Waals surface area (Å²) in [5.74, 6) is -1.50. The minimum atomic E-state index is -0.866. The number of nitrogens with zero attached hydrogens (tertiary/aromatic N) is 1. The van der Waals surface area contributed by atoms with Crippen molar-refractivity contribution in [3.63, 3.8) is 0 Å². The second-order valence-corrected chi connectivity index (χ2v) is 6.51. The molecule has 132 valence electrons. The molecule has 0 fully saturated rings. The van der Waals surface area contributed by atoms with Gasteiger partial charge >= 0.3 is 17.9 Å². The quantitative estimate of drug-likeness (QED) is 0.711. The number of carbonyl (C=O) groups is 3. The van der Waals surface area contributed by atoms with E-state index in [4.69, 9.17) is 16.3 Å². The zero-order valence-electron chi connectivity index (χ0n) is 14.0. The molecule has 24 heavy (non-hydrogen) atoms. The van der Waals surface area contributed by atoms with Gasteiger partial charge in [0.2, 0.25) is 0 Å². The minimum Gasteiger partial charge on any atom is -0.444 e. The van der Waals surface area contributed by atoms with Gasteiger partial charge in [-0.15, -0.1) is 0 Å². The zero-order valence-corrected chi connectivity index (χ0v) is 14.7. The lowest BCUT2D eigenvalue weighted by molar-refractivity contribution is -0.136. The maximum Gasteiger partial charge on any atom is 0.407 e. The molecule has 3 amide bonds. The van der Waals surface area contributed by atoms with E-state index in [0.29, 0.717) is 5.02 Å². The van der Waals surface area contributed by atoms with Crippen LogP contribution in [0.25, 0.3) is 0 Å². The molecule has 0 aliphatic rings. The Morgan fingerprint density at radius 2 is 1.92 bits per heavy atom. The molecule has 8 nitrogen and oxygen atoms in total. The van der Waals surface area contributed by atoms with E-state index in [9.17, 15) is 14.4 Å². The molecular formula is C15H21ClN4O4. The van der Waals surface area contributed by atoms with Crippen molar-refractivity contribution in [1.82, 2.24) is 15.6 Å². The Bertz CT molecular complexity index is 598. The van der Waals surface area contributed by atoms with Crippen LogP contribution in [0.5, 0.6) is 0 Å². The van der Waals surface area contributed by atoms with Crippen LogP contribution in [-0.2, 0) is 14.3 Å². The van der Waals surface area contributed by atoms with Crippen LogP contribution >= 0.6 is 11.6 Å². The van der Waals surface area contributed by atoms with E-state index >= 15 is 0 Å². The van der Waals surface area contributed by atoms with Crippen molar-refractivity contribution in [3.8, 4) is 0 Å². The number of nitrogens with one attached hydrogen (secondary N) is 3. The Labute approximate surface area is 145 Å². The number of carbonyl (C=O) groups excluding carboxylic acids is 3. The predicted molar refractivity (Wildman–Crippen MR) is 89.7 cm³/mol. The van der Waals surface area contributed by atoms with E-state index in [2.05, 4.69) is 20.9 Å². The van der Waals surface area contributed by atoms with Crippen molar-refractivity contribution in [1.29, 1.82) is 0 Å². The number of halogens is 1. The largest absolute Gasteiger partial charge is 0.444 e. The van der Waals surface area contributed by atoms with Crippen LogP contribution in [0, 0.1) is 0 Å². The molecule has 1 aromatic rings. The monoisotopic (exact) mass is 356 g/mol. The van der Waals surface area contributed by atoms with Crippen LogP contribution in [0.1, 0.15) is 27.7 Å². The average molecular weight is 357 g/mol. The second kappa shape index (κ2) is 8.49. The van der Waals surface area contributed by atoms with Crippen molar-refractivity contribution < 1.29 is 19.1 Å². The summed E-state index contributed by atoms with van der Waals surface area (Å²) in [6.07, 6.45) is 0.751. The maximum atomic E-state index is 11.7. The van der Waals surface area contributed by atoms with Gasteiger partial charge in [0.05, 0.1) is 5.02 Å². The van der Waals surface area contributed by atoms with Crippen molar-refractivity contribution in [2.75, 3.05) is 11.9 Å². The molecule has 1 heterocycles. The number of pyridine rings is 1. The summed E-state index contributed by atoms with van der Waals surface area (Å²) in [5, 5.41) is 7.71. The van der Waals surface area contributed by atoms with Crippen LogP contribution in [0.15, 0.2) is 18.3 Å². The molecular weight excluding hydrogens is 336 g/mol. The number of alkyl carbamates (subject to hydrolysis) is 1. The smallest absolute Gasteiger partial charge is 0.407 e. The normalized spacial score (nSPS) is 12.0. The maximum absolute atomic E-state index is 11.7. The molecule has 0 aliphatic carbocycles. The van der Waals surface area contributed by atoms with Crippen molar-refractivity contribution in [2.24, 2.45) is 0 Å². The number of aromatic nitrogens is 1. The first kappa shape index (κ1) is 19.7. The van der Waals surface area contributed by atoms with Crippen LogP contribution in [0.4, 0.5) is 10.6 Å². The fourth-order valence-electron chi connectivity index (χ4n) is 1.51. The van der Waals surface area contributed by atoms with Gasteiger partial charge in [0.25, 0.3) is 0 Å². The van der Waals surface area contributed by atoms with Gasteiger partial charge in [-0.1, -0.05) is 11.6 Å². The highest BCUT2D eigenvalue weighted by Gasteiger charge is 2.19. The molecule has 1 aromatic heterocycles. The van der Waals surface area contributed by atoms with Crippen molar-refractivity contribution >= 4 is 35.3 Å². The van der Waals surface area contributed by atoms with Gasteiger partial charge in [-0.05, 0) is 39.8 Å². The number of hydrogen-bond acceptors (Lipinski definition) is 5. The third-order valence-corrected chi connectivity index (χ3v) is 2.73. The Hall–Kier alpha value is -2.35. The van der Waals surface area contributed by atoms with E-state index in [1.54, 1.807) is 27.7 Å².